The molecule has 0 bridgehead atoms. The Hall–Kier alpha value is -0.180. The number of thioether (sulfide) groups is 1. The van der Waals surface area contributed by atoms with Gasteiger partial charge in [0.05, 0.1) is 12.2 Å². The topological polar surface area (TPSA) is 12.5 Å². The molecule has 0 amide bonds. The van der Waals surface area contributed by atoms with E-state index in [1.165, 1.54) is 4.90 Å². The average Bonchev–Trinajstić information content (AvgIpc) is 2.84. The van der Waals surface area contributed by atoms with E-state index >= 15 is 0 Å². The van der Waals surface area contributed by atoms with Gasteiger partial charge in [0.2, 0.25) is 0 Å². The Morgan fingerprint density at radius 1 is 1.46 bits per heavy atom. The first-order valence-electron chi connectivity index (χ1n) is 4.20. The Labute approximate surface area is 87.4 Å². The Kier molecular flexibility index (Phi) is 2.54. The van der Waals surface area contributed by atoms with E-state index in [9.17, 15) is 0 Å². The zero-order valence-corrected chi connectivity index (χ0v) is 8.99. The van der Waals surface area contributed by atoms with Crippen LogP contribution in [-0.2, 0) is 4.74 Å². The van der Waals surface area contributed by atoms with Crippen molar-refractivity contribution < 1.29 is 4.74 Å². The smallest absolute Gasteiger partial charge is 0.0981 e. The third-order valence-electron chi connectivity index (χ3n) is 1.99. The van der Waals surface area contributed by atoms with E-state index < -0.39 is 0 Å². The molecule has 0 spiro atoms. The Morgan fingerprint density at radius 3 is 2.62 bits per heavy atom. The van der Waals surface area contributed by atoms with Crippen molar-refractivity contribution in [1.82, 2.24) is 0 Å². The van der Waals surface area contributed by atoms with Crippen molar-refractivity contribution in [2.45, 2.75) is 17.4 Å². The van der Waals surface area contributed by atoms with Crippen LogP contribution in [0, 0.1) is 0 Å². The molecule has 1 saturated heterocycles. The van der Waals surface area contributed by atoms with Gasteiger partial charge in [0.25, 0.3) is 0 Å². The van der Waals surface area contributed by atoms with Crippen molar-refractivity contribution in [1.29, 1.82) is 0 Å². The molecule has 0 unspecified atom stereocenters. The van der Waals surface area contributed by atoms with Crippen molar-refractivity contribution in [3.05, 3.63) is 29.3 Å². The second kappa shape index (κ2) is 3.52. The minimum absolute atomic E-state index is 0.129. The fraction of sp³-hybridized carbons (Fsp3) is 0.400. The quantitative estimate of drug-likeness (QED) is 0.566. The molecule has 0 radical (unpaired) electrons. The Bertz CT molecular complexity index is 292. The Morgan fingerprint density at radius 2 is 2.08 bits per heavy atom. The van der Waals surface area contributed by atoms with Crippen LogP contribution in [0.5, 0.6) is 0 Å². The standard InChI is InChI=1S/C10H11ClOS/c1-10(6-12-10)7-13-9-4-2-8(11)3-5-9/h2-5H,6-7H2,1H3/t10-/m1/s1. The van der Waals surface area contributed by atoms with Crippen LogP contribution < -0.4 is 0 Å². The molecular formula is C10H11ClOS. The maximum Gasteiger partial charge on any atom is 0.0981 e. The summed E-state index contributed by atoms with van der Waals surface area (Å²) in [7, 11) is 0. The van der Waals surface area contributed by atoms with Crippen molar-refractivity contribution in [2.24, 2.45) is 0 Å². The molecule has 0 saturated carbocycles. The number of rotatable bonds is 3. The fourth-order valence-electron chi connectivity index (χ4n) is 0.973. The molecule has 1 aliphatic rings. The van der Waals surface area contributed by atoms with E-state index in [0.29, 0.717) is 0 Å². The van der Waals surface area contributed by atoms with Crippen molar-refractivity contribution >= 4 is 23.4 Å². The van der Waals surface area contributed by atoms with Gasteiger partial charge < -0.3 is 4.74 Å². The summed E-state index contributed by atoms with van der Waals surface area (Å²) in [6, 6.07) is 7.91. The minimum atomic E-state index is 0.129. The molecule has 1 aliphatic heterocycles. The lowest BCUT2D eigenvalue weighted by Crippen LogP contribution is -2.07. The van der Waals surface area contributed by atoms with E-state index in [0.717, 1.165) is 17.4 Å². The highest BCUT2D eigenvalue weighted by Crippen LogP contribution is 2.33. The summed E-state index contributed by atoms with van der Waals surface area (Å²) >= 11 is 7.60. The Balaban J connectivity index is 1.91. The zero-order valence-electron chi connectivity index (χ0n) is 7.42. The molecule has 2 rings (SSSR count). The molecule has 13 heavy (non-hydrogen) atoms. The summed E-state index contributed by atoms with van der Waals surface area (Å²) < 4.78 is 5.29. The van der Waals surface area contributed by atoms with Crippen LogP contribution >= 0.6 is 23.4 Å². The number of hydrogen-bond acceptors (Lipinski definition) is 2. The molecule has 3 heteroatoms. The maximum atomic E-state index is 5.78. The van der Waals surface area contributed by atoms with Crippen molar-refractivity contribution in [3.8, 4) is 0 Å². The third-order valence-corrected chi connectivity index (χ3v) is 3.61. The van der Waals surface area contributed by atoms with E-state index in [-0.39, 0.29) is 5.60 Å². The number of benzene rings is 1. The van der Waals surface area contributed by atoms with Crippen molar-refractivity contribution in [3.63, 3.8) is 0 Å². The predicted octanol–water partition coefficient (Wildman–Crippen LogP) is 3.22. The molecule has 1 fully saturated rings. The lowest BCUT2D eigenvalue weighted by Gasteiger charge is -2.04. The number of halogens is 1. The summed E-state index contributed by atoms with van der Waals surface area (Å²) in [5.74, 6) is 1.02. The van der Waals surface area contributed by atoms with E-state index in [4.69, 9.17) is 16.3 Å². The zero-order chi connectivity index (χ0) is 9.31. The first-order chi connectivity index (χ1) is 6.18. The summed E-state index contributed by atoms with van der Waals surface area (Å²) in [6.07, 6.45) is 0. The number of hydrogen-bond donors (Lipinski definition) is 0. The van der Waals surface area contributed by atoms with Crippen LogP contribution in [-0.4, -0.2) is 18.0 Å². The van der Waals surface area contributed by atoms with Crippen LogP contribution in [0.25, 0.3) is 0 Å². The van der Waals surface area contributed by atoms with Gasteiger partial charge >= 0.3 is 0 Å². The van der Waals surface area contributed by atoms with Crippen LogP contribution in [0.15, 0.2) is 29.2 Å². The molecule has 1 atom stereocenters. The van der Waals surface area contributed by atoms with Gasteiger partial charge in [-0.05, 0) is 31.2 Å². The highest BCUT2D eigenvalue weighted by atomic mass is 35.5. The van der Waals surface area contributed by atoms with Crippen LogP contribution in [0.3, 0.4) is 0 Å². The van der Waals surface area contributed by atoms with E-state index in [1.54, 1.807) is 0 Å². The monoisotopic (exact) mass is 214 g/mol. The molecule has 70 valence electrons. The first-order valence-corrected chi connectivity index (χ1v) is 5.57. The van der Waals surface area contributed by atoms with Gasteiger partial charge in [0.1, 0.15) is 0 Å². The normalized spacial score (nSPS) is 26.0. The molecule has 1 nitrogen and oxygen atoms in total. The summed E-state index contributed by atoms with van der Waals surface area (Å²) in [4.78, 5) is 1.25. The summed E-state index contributed by atoms with van der Waals surface area (Å²) in [6.45, 7) is 3.03. The highest BCUT2D eigenvalue weighted by molar-refractivity contribution is 7.99. The highest BCUT2D eigenvalue weighted by Gasteiger charge is 2.38. The van der Waals surface area contributed by atoms with E-state index in [2.05, 4.69) is 6.92 Å². The molecular weight excluding hydrogens is 204 g/mol. The van der Waals surface area contributed by atoms with E-state index in [1.807, 2.05) is 36.0 Å². The van der Waals surface area contributed by atoms with Crippen molar-refractivity contribution in [2.75, 3.05) is 12.4 Å². The predicted molar refractivity (Wildman–Crippen MR) is 56.5 cm³/mol. The number of ether oxygens (including phenoxy) is 1. The second-order valence-corrected chi connectivity index (χ2v) is 4.97. The summed E-state index contributed by atoms with van der Waals surface area (Å²) in [5, 5.41) is 0.790. The molecule has 1 aromatic rings. The molecule has 0 aromatic heterocycles. The summed E-state index contributed by atoms with van der Waals surface area (Å²) in [5.41, 5.74) is 0.129. The van der Waals surface area contributed by atoms with Gasteiger partial charge in [0, 0.05) is 15.7 Å². The largest absolute Gasteiger partial charge is 0.369 e. The molecule has 1 heterocycles. The maximum absolute atomic E-state index is 5.78. The van der Waals surface area contributed by atoms with Gasteiger partial charge in [0.15, 0.2) is 0 Å². The lowest BCUT2D eigenvalue weighted by atomic mass is 10.3. The van der Waals surface area contributed by atoms with Crippen LogP contribution in [0.4, 0.5) is 0 Å². The first kappa shape index (κ1) is 9.38. The second-order valence-electron chi connectivity index (χ2n) is 3.48. The van der Waals surface area contributed by atoms with Gasteiger partial charge in [-0.1, -0.05) is 11.6 Å². The fourth-order valence-corrected chi connectivity index (χ4v) is 2.07. The molecule has 0 N–H and O–H groups in total. The van der Waals surface area contributed by atoms with Gasteiger partial charge in [-0.25, -0.2) is 0 Å². The molecule has 1 aromatic carbocycles. The van der Waals surface area contributed by atoms with Gasteiger partial charge in [-0.2, -0.15) is 0 Å². The third kappa shape index (κ3) is 2.63. The number of epoxide rings is 1. The molecule has 0 aliphatic carbocycles. The van der Waals surface area contributed by atoms with Crippen LogP contribution in [0.2, 0.25) is 5.02 Å². The van der Waals surface area contributed by atoms with Gasteiger partial charge in [-0.3, -0.25) is 0 Å². The van der Waals surface area contributed by atoms with Gasteiger partial charge in [-0.15, -0.1) is 11.8 Å². The van der Waals surface area contributed by atoms with Crippen LogP contribution in [0.1, 0.15) is 6.92 Å². The average molecular weight is 215 g/mol. The minimum Gasteiger partial charge on any atom is -0.369 e. The lowest BCUT2D eigenvalue weighted by molar-refractivity contribution is 0.348. The SMILES string of the molecule is C[C@]1(CSc2ccc(Cl)cc2)CO1.